The highest BCUT2D eigenvalue weighted by molar-refractivity contribution is 5.72. The maximum atomic E-state index is 10.4. The fourth-order valence-electron chi connectivity index (χ4n) is 1.75. The predicted octanol–water partition coefficient (Wildman–Crippen LogP) is 2.77. The van der Waals surface area contributed by atoms with Crippen LogP contribution in [0.4, 0.5) is 5.69 Å². The Morgan fingerprint density at radius 2 is 1.56 bits per heavy atom. The molecule has 3 nitrogen and oxygen atoms in total. The summed E-state index contributed by atoms with van der Waals surface area (Å²) < 4.78 is 0. The summed E-state index contributed by atoms with van der Waals surface area (Å²) in [6.45, 7) is -0.0575. The Kier molecular flexibility index (Phi) is 3.97. The summed E-state index contributed by atoms with van der Waals surface area (Å²) >= 11 is 0. The smallest absolute Gasteiger partial charge is 0.322 e. The highest BCUT2D eigenvalue weighted by Gasteiger charge is 1.98. The van der Waals surface area contributed by atoms with Gasteiger partial charge in [-0.1, -0.05) is 42.5 Å². The molecule has 0 amide bonds. The second-order valence-electron chi connectivity index (χ2n) is 4.11. The summed E-state index contributed by atoms with van der Waals surface area (Å²) in [4.78, 5) is 10.4. The van der Waals surface area contributed by atoms with Gasteiger partial charge in [-0.05, 0) is 29.7 Å². The number of carboxylic acid groups (broad SMARTS) is 1. The molecule has 0 aliphatic carbocycles. The van der Waals surface area contributed by atoms with E-state index in [0.29, 0.717) is 0 Å². The summed E-state index contributed by atoms with van der Waals surface area (Å²) in [7, 11) is 0. The van der Waals surface area contributed by atoms with E-state index in [2.05, 4.69) is 17.4 Å². The molecule has 0 bridgehead atoms. The van der Waals surface area contributed by atoms with Gasteiger partial charge in [0.05, 0.1) is 0 Å². The Hall–Kier alpha value is -2.29. The first-order chi connectivity index (χ1) is 8.74. The molecule has 0 heterocycles. The molecule has 18 heavy (non-hydrogen) atoms. The lowest BCUT2D eigenvalue weighted by molar-refractivity contribution is -0.134. The first-order valence-corrected chi connectivity index (χ1v) is 5.82. The van der Waals surface area contributed by atoms with Crippen LogP contribution in [0.5, 0.6) is 0 Å². The molecule has 92 valence electrons. The SMILES string of the molecule is O=C(O)CNc1ccc(Cc2ccccc2)cc1. The number of carboxylic acids is 1. The van der Waals surface area contributed by atoms with Crippen LogP contribution in [0.1, 0.15) is 11.1 Å². The van der Waals surface area contributed by atoms with E-state index in [9.17, 15) is 4.79 Å². The lowest BCUT2D eigenvalue weighted by Gasteiger charge is -2.05. The predicted molar refractivity (Wildman–Crippen MR) is 71.8 cm³/mol. The highest BCUT2D eigenvalue weighted by Crippen LogP contribution is 2.13. The van der Waals surface area contributed by atoms with Gasteiger partial charge in [0.25, 0.3) is 0 Å². The van der Waals surface area contributed by atoms with E-state index >= 15 is 0 Å². The van der Waals surface area contributed by atoms with Crippen molar-refractivity contribution in [1.82, 2.24) is 0 Å². The zero-order valence-corrected chi connectivity index (χ0v) is 9.97. The first kappa shape index (κ1) is 12.2. The Balaban J connectivity index is 1.97. The van der Waals surface area contributed by atoms with Crippen molar-refractivity contribution >= 4 is 11.7 Å². The Labute approximate surface area is 106 Å². The first-order valence-electron chi connectivity index (χ1n) is 5.82. The summed E-state index contributed by atoms with van der Waals surface area (Å²) in [6.07, 6.45) is 0.889. The molecule has 0 fully saturated rings. The van der Waals surface area contributed by atoms with Gasteiger partial charge in [-0.25, -0.2) is 0 Å². The molecule has 3 heteroatoms. The summed E-state index contributed by atoms with van der Waals surface area (Å²) in [6, 6.07) is 18.1. The van der Waals surface area contributed by atoms with Crippen LogP contribution in [0.3, 0.4) is 0 Å². The maximum Gasteiger partial charge on any atom is 0.322 e. The molecule has 2 aromatic rings. The molecule has 0 saturated carbocycles. The highest BCUT2D eigenvalue weighted by atomic mass is 16.4. The molecule has 2 aromatic carbocycles. The van der Waals surface area contributed by atoms with Crippen molar-refractivity contribution in [3.05, 3.63) is 65.7 Å². The largest absolute Gasteiger partial charge is 0.480 e. The lowest BCUT2D eigenvalue weighted by Crippen LogP contribution is -2.12. The standard InChI is InChI=1S/C15H15NO2/c17-15(18)11-16-14-8-6-13(7-9-14)10-12-4-2-1-3-5-12/h1-9,16H,10-11H2,(H,17,18). The molecule has 2 rings (SSSR count). The second kappa shape index (κ2) is 5.87. The minimum absolute atomic E-state index is 0.0575. The normalized spacial score (nSPS) is 10.0. The van der Waals surface area contributed by atoms with Crippen molar-refractivity contribution in [2.75, 3.05) is 11.9 Å². The molecule has 0 spiro atoms. The molecule has 0 aliphatic heterocycles. The average molecular weight is 241 g/mol. The van der Waals surface area contributed by atoms with Gasteiger partial charge in [-0.15, -0.1) is 0 Å². The molecule has 2 N–H and O–H groups in total. The van der Waals surface area contributed by atoms with Crippen LogP contribution in [0.15, 0.2) is 54.6 Å². The Morgan fingerprint density at radius 3 is 2.17 bits per heavy atom. The van der Waals surface area contributed by atoms with E-state index in [1.54, 1.807) is 0 Å². The summed E-state index contributed by atoms with van der Waals surface area (Å²) in [5.74, 6) is -0.858. The van der Waals surface area contributed by atoms with Gasteiger partial charge >= 0.3 is 5.97 Å². The van der Waals surface area contributed by atoms with Gasteiger partial charge in [0.15, 0.2) is 0 Å². The van der Waals surface area contributed by atoms with E-state index in [4.69, 9.17) is 5.11 Å². The number of anilines is 1. The molecule has 0 radical (unpaired) electrons. The monoisotopic (exact) mass is 241 g/mol. The van der Waals surface area contributed by atoms with Gasteiger partial charge in [-0.3, -0.25) is 4.79 Å². The fraction of sp³-hybridized carbons (Fsp3) is 0.133. The second-order valence-corrected chi connectivity index (χ2v) is 4.11. The van der Waals surface area contributed by atoms with Crippen molar-refractivity contribution in [3.8, 4) is 0 Å². The van der Waals surface area contributed by atoms with Crippen LogP contribution >= 0.6 is 0 Å². The van der Waals surface area contributed by atoms with Crippen LogP contribution in [-0.2, 0) is 11.2 Å². The third-order valence-corrected chi connectivity index (χ3v) is 2.65. The van der Waals surface area contributed by atoms with E-state index < -0.39 is 5.97 Å². The van der Waals surface area contributed by atoms with Crippen LogP contribution in [0, 0.1) is 0 Å². The number of carbonyl (C=O) groups is 1. The number of nitrogens with one attached hydrogen (secondary N) is 1. The number of rotatable bonds is 5. The van der Waals surface area contributed by atoms with E-state index in [0.717, 1.165) is 12.1 Å². The van der Waals surface area contributed by atoms with Crippen LogP contribution in [0.25, 0.3) is 0 Å². The summed E-state index contributed by atoms with van der Waals surface area (Å²) in [5.41, 5.74) is 3.31. The zero-order valence-electron chi connectivity index (χ0n) is 9.97. The molecule has 0 saturated heterocycles. The van der Waals surface area contributed by atoms with Crippen molar-refractivity contribution in [1.29, 1.82) is 0 Å². The molecular weight excluding hydrogens is 226 g/mol. The molecule has 0 atom stereocenters. The van der Waals surface area contributed by atoms with E-state index in [-0.39, 0.29) is 6.54 Å². The molecule has 0 unspecified atom stereocenters. The molecule has 0 aromatic heterocycles. The Morgan fingerprint density at radius 1 is 0.944 bits per heavy atom. The fourth-order valence-corrected chi connectivity index (χ4v) is 1.75. The molecular formula is C15H15NO2. The van der Waals surface area contributed by atoms with Gasteiger partial charge in [0, 0.05) is 5.69 Å². The maximum absolute atomic E-state index is 10.4. The van der Waals surface area contributed by atoms with Gasteiger partial charge in [0.2, 0.25) is 0 Å². The quantitative estimate of drug-likeness (QED) is 0.846. The topological polar surface area (TPSA) is 49.3 Å². The molecule has 0 aliphatic rings. The number of benzene rings is 2. The van der Waals surface area contributed by atoms with Crippen LogP contribution in [-0.4, -0.2) is 17.6 Å². The number of hydrogen-bond donors (Lipinski definition) is 2. The van der Waals surface area contributed by atoms with E-state index in [1.807, 2.05) is 42.5 Å². The lowest BCUT2D eigenvalue weighted by atomic mass is 10.0. The summed E-state index contributed by atoms with van der Waals surface area (Å²) in [5, 5.41) is 11.4. The third-order valence-electron chi connectivity index (χ3n) is 2.65. The van der Waals surface area contributed by atoms with Gasteiger partial charge < -0.3 is 10.4 Å². The number of aliphatic carboxylic acids is 1. The van der Waals surface area contributed by atoms with Crippen LogP contribution < -0.4 is 5.32 Å². The zero-order chi connectivity index (χ0) is 12.8. The van der Waals surface area contributed by atoms with Crippen molar-refractivity contribution in [3.63, 3.8) is 0 Å². The number of hydrogen-bond acceptors (Lipinski definition) is 2. The van der Waals surface area contributed by atoms with Crippen molar-refractivity contribution in [2.24, 2.45) is 0 Å². The average Bonchev–Trinajstić information content (AvgIpc) is 2.39. The van der Waals surface area contributed by atoms with E-state index in [1.165, 1.54) is 11.1 Å². The van der Waals surface area contributed by atoms with Gasteiger partial charge in [0.1, 0.15) is 6.54 Å². The minimum Gasteiger partial charge on any atom is -0.480 e. The minimum atomic E-state index is -0.858. The van der Waals surface area contributed by atoms with Crippen molar-refractivity contribution < 1.29 is 9.90 Å². The van der Waals surface area contributed by atoms with Crippen LogP contribution in [0.2, 0.25) is 0 Å². The Bertz CT molecular complexity index is 506. The van der Waals surface area contributed by atoms with Gasteiger partial charge in [-0.2, -0.15) is 0 Å². The van der Waals surface area contributed by atoms with Crippen molar-refractivity contribution in [2.45, 2.75) is 6.42 Å². The third kappa shape index (κ3) is 3.63.